The Morgan fingerprint density at radius 1 is 0.280 bits per heavy atom. The molecule has 236 valence electrons. The lowest BCUT2D eigenvalue weighted by Crippen LogP contribution is -1.91. The van der Waals surface area contributed by atoms with E-state index in [4.69, 9.17) is 0 Å². The van der Waals surface area contributed by atoms with Crippen LogP contribution in [0.4, 0.5) is 0 Å². The summed E-state index contributed by atoms with van der Waals surface area (Å²) in [5.74, 6) is 0.292. The summed E-state index contributed by atoms with van der Waals surface area (Å²) in [5.41, 5.74) is 11.7. The summed E-state index contributed by atoms with van der Waals surface area (Å²) in [6, 6.07) is 64.5. The molecule has 0 aromatic heterocycles. The van der Waals surface area contributed by atoms with Crippen molar-refractivity contribution < 1.29 is 5.11 Å². The molecule has 0 aliphatic rings. The van der Waals surface area contributed by atoms with Gasteiger partial charge >= 0.3 is 0 Å². The van der Waals surface area contributed by atoms with Crippen LogP contribution in [0, 0.1) is 6.92 Å². The molecule has 0 aliphatic heterocycles. The molecule has 0 fully saturated rings. The van der Waals surface area contributed by atoms with Gasteiger partial charge in [0.15, 0.2) is 0 Å². The highest BCUT2D eigenvalue weighted by atomic mass is 16.3. The van der Waals surface area contributed by atoms with Gasteiger partial charge in [-0.15, -0.1) is 0 Å². The predicted molar refractivity (Wildman–Crippen MR) is 213 cm³/mol. The van der Waals surface area contributed by atoms with Gasteiger partial charge in [-0.05, 0) is 114 Å². The standard InChI is InChI=1S/C49H34O/c1-32-12-5-6-17-40(32)48-31-39(37-16-11-15-36(28-37)35-24-22-34(23-25-35)33-13-3-2-4-14-33)30-46(49(48)50)38-26-27-45-43-20-8-7-18-41(43)42-19-9-10-21-44(42)47(45)29-38/h2-31,50H,1H3. The maximum atomic E-state index is 12.1. The lowest BCUT2D eigenvalue weighted by molar-refractivity contribution is 0.479. The van der Waals surface area contributed by atoms with Crippen molar-refractivity contribution >= 4 is 32.3 Å². The maximum absolute atomic E-state index is 12.1. The second-order valence-corrected chi connectivity index (χ2v) is 13.1. The van der Waals surface area contributed by atoms with Crippen molar-refractivity contribution in [3.8, 4) is 61.4 Å². The van der Waals surface area contributed by atoms with E-state index in [2.05, 4.69) is 171 Å². The van der Waals surface area contributed by atoms with Crippen LogP contribution < -0.4 is 0 Å². The molecule has 0 bridgehead atoms. The number of fused-ring (bicyclic) bond motifs is 6. The predicted octanol–water partition coefficient (Wildman–Crippen LogP) is 13.5. The Labute approximate surface area is 292 Å². The van der Waals surface area contributed by atoms with Crippen LogP contribution in [0.2, 0.25) is 0 Å². The number of aromatic hydroxyl groups is 1. The highest BCUT2D eigenvalue weighted by Gasteiger charge is 2.18. The zero-order chi connectivity index (χ0) is 33.6. The molecule has 0 heterocycles. The molecule has 0 unspecified atom stereocenters. The van der Waals surface area contributed by atoms with Gasteiger partial charge in [-0.25, -0.2) is 0 Å². The van der Waals surface area contributed by atoms with Gasteiger partial charge in [0.05, 0.1) is 0 Å². The minimum absolute atomic E-state index is 0.292. The summed E-state index contributed by atoms with van der Waals surface area (Å²) in [6.45, 7) is 2.11. The van der Waals surface area contributed by atoms with E-state index >= 15 is 0 Å². The lowest BCUT2D eigenvalue weighted by atomic mass is 9.88. The van der Waals surface area contributed by atoms with Gasteiger partial charge in [0.25, 0.3) is 0 Å². The highest BCUT2D eigenvalue weighted by Crippen LogP contribution is 2.45. The average molecular weight is 639 g/mol. The monoisotopic (exact) mass is 638 g/mol. The van der Waals surface area contributed by atoms with E-state index in [0.29, 0.717) is 5.75 Å². The van der Waals surface area contributed by atoms with E-state index in [-0.39, 0.29) is 0 Å². The van der Waals surface area contributed by atoms with Crippen LogP contribution >= 0.6 is 0 Å². The van der Waals surface area contributed by atoms with Gasteiger partial charge in [-0.3, -0.25) is 0 Å². The minimum Gasteiger partial charge on any atom is -0.507 e. The third-order valence-corrected chi connectivity index (χ3v) is 10.1. The first-order valence-corrected chi connectivity index (χ1v) is 17.2. The second-order valence-electron chi connectivity index (χ2n) is 13.1. The topological polar surface area (TPSA) is 20.2 Å². The molecule has 0 saturated heterocycles. The van der Waals surface area contributed by atoms with E-state index in [1.807, 2.05) is 18.2 Å². The fourth-order valence-corrected chi connectivity index (χ4v) is 7.54. The molecule has 9 aromatic carbocycles. The quantitative estimate of drug-likeness (QED) is 0.186. The molecule has 9 aromatic rings. The van der Waals surface area contributed by atoms with Crippen LogP contribution in [0.5, 0.6) is 5.75 Å². The van der Waals surface area contributed by atoms with Gasteiger partial charge < -0.3 is 5.11 Å². The number of hydrogen-bond acceptors (Lipinski definition) is 1. The minimum atomic E-state index is 0.292. The first-order chi connectivity index (χ1) is 24.6. The van der Waals surface area contributed by atoms with E-state index in [9.17, 15) is 5.11 Å². The Balaban J connectivity index is 1.22. The summed E-state index contributed by atoms with van der Waals surface area (Å²) < 4.78 is 0. The number of phenolic OH excluding ortho intramolecular Hbond substituents is 1. The summed E-state index contributed by atoms with van der Waals surface area (Å²) >= 11 is 0. The molecule has 0 radical (unpaired) electrons. The van der Waals surface area contributed by atoms with Gasteiger partial charge in [0, 0.05) is 11.1 Å². The molecule has 0 saturated carbocycles. The molecule has 0 spiro atoms. The number of benzene rings is 9. The Kier molecular flexibility index (Phi) is 7.25. The summed E-state index contributed by atoms with van der Waals surface area (Å²) in [5, 5.41) is 19.4. The molecular weight excluding hydrogens is 605 g/mol. The molecule has 0 amide bonds. The van der Waals surface area contributed by atoms with Crippen LogP contribution in [-0.4, -0.2) is 5.11 Å². The Bertz CT molecular complexity index is 2670. The third-order valence-electron chi connectivity index (χ3n) is 10.1. The molecule has 0 atom stereocenters. The Hall–Kier alpha value is -6.44. The van der Waals surface area contributed by atoms with Gasteiger partial charge in [0.2, 0.25) is 0 Å². The zero-order valence-electron chi connectivity index (χ0n) is 27.8. The van der Waals surface area contributed by atoms with E-state index in [1.165, 1.54) is 49.0 Å². The number of aryl methyl sites for hydroxylation is 1. The van der Waals surface area contributed by atoms with E-state index in [0.717, 1.165) is 44.5 Å². The maximum Gasteiger partial charge on any atom is 0.131 e. The molecule has 1 nitrogen and oxygen atoms in total. The van der Waals surface area contributed by atoms with Gasteiger partial charge in [-0.1, -0.05) is 158 Å². The number of rotatable bonds is 5. The van der Waals surface area contributed by atoms with Crippen molar-refractivity contribution in [2.24, 2.45) is 0 Å². The first kappa shape index (κ1) is 29.7. The lowest BCUT2D eigenvalue weighted by Gasteiger charge is -2.17. The summed E-state index contributed by atoms with van der Waals surface area (Å²) in [4.78, 5) is 0. The SMILES string of the molecule is Cc1ccccc1-c1cc(-c2cccc(-c3ccc(-c4ccccc4)cc3)c2)cc(-c2ccc3c4ccccc4c4ccccc4c3c2)c1O. The Morgan fingerprint density at radius 2 is 0.740 bits per heavy atom. The van der Waals surface area contributed by atoms with Crippen molar-refractivity contribution in [3.05, 3.63) is 188 Å². The van der Waals surface area contributed by atoms with Crippen LogP contribution in [0.1, 0.15) is 5.56 Å². The number of phenols is 1. The molecule has 9 rings (SSSR count). The van der Waals surface area contributed by atoms with E-state index < -0.39 is 0 Å². The van der Waals surface area contributed by atoms with Crippen molar-refractivity contribution in [1.82, 2.24) is 0 Å². The average Bonchev–Trinajstić information content (AvgIpc) is 3.19. The summed E-state index contributed by atoms with van der Waals surface area (Å²) in [6.07, 6.45) is 0. The fraction of sp³-hybridized carbons (Fsp3) is 0.0204. The molecule has 1 heteroatoms. The van der Waals surface area contributed by atoms with Crippen molar-refractivity contribution in [2.45, 2.75) is 6.92 Å². The van der Waals surface area contributed by atoms with Crippen LogP contribution in [0.3, 0.4) is 0 Å². The van der Waals surface area contributed by atoms with Gasteiger partial charge in [0.1, 0.15) is 5.75 Å². The molecule has 1 N–H and O–H groups in total. The van der Waals surface area contributed by atoms with Crippen molar-refractivity contribution in [3.63, 3.8) is 0 Å². The molecule has 0 aliphatic carbocycles. The Morgan fingerprint density at radius 3 is 1.40 bits per heavy atom. The van der Waals surface area contributed by atoms with Crippen LogP contribution in [-0.2, 0) is 0 Å². The summed E-state index contributed by atoms with van der Waals surface area (Å²) in [7, 11) is 0. The largest absolute Gasteiger partial charge is 0.507 e. The fourth-order valence-electron chi connectivity index (χ4n) is 7.54. The number of hydrogen-bond donors (Lipinski definition) is 1. The van der Waals surface area contributed by atoms with Gasteiger partial charge in [-0.2, -0.15) is 0 Å². The highest BCUT2D eigenvalue weighted by molar-refractivity contribution is 6.25. The van der Waals surface area contributed by atoms with E-state index in [1.54, 1.807) is 0 Å². The second kappa shape index (κ2) is 12.2. The molecule has 50 heavy (non-hydrogen) atoms. The normalized spacial score (nSPS) is 11.4. The van der Waals surface area contributed by atoms with Crippen LogP contribution in [0.25, 0.3) is 88.0 Å². The third kappa shape index (κ3) is 5.12. The van der Waals surface area contributed by atoms with Crippen molar-refractivity contribution in [2.75, 3.05) is 0 Å². The smallest absolute Gasteiger partial charge is 0.131 e. The molecular formula is C49H34O. The van der Waals surface area contributed by atoms with Crippen LogP contribution in [0.15, 0.2) is 182 Å². The van der Waals surface area contributed by atoms with Crippen molar-refractivity contribution in [1.29, 1.82) is 0 Å². The first-order valence-electron chi connectivity index (χ1n) is 17.2. The zero-order valence-corrected chi connectivity index (χ0v) is 27.8.